The zero-order valence-electron chi connectivity index (χ0n) is 14.7. The molecule has 1 atom stereocenters. The van der Waals surface area contributed by atoms with E-state index in [0.29, 0.717) is 25.0 Å². The fraction of sp³-hybridized carbons (Fsp3) is 0.556. The van der Waals surface area contributed by atoms with Crippen LogP contribution in [0.4, 0.5) is 4.79 Å². The Labute approximate surface area is 138 Å². The maximum Gasteiger partial charge on any atom is 0.413 e. The monoisotopic (exact) mass is 317 g/mol. The lowest BCUT2D eigenvalue weighted by Gasteiger charge is -2.28. The Balaban J connectivity index is 2.08. The smallest absolute Gasteiger partial charge is 0.413 e. The van der Waals surface area contributed by atoms with Crippen LogP contribution < -0.4 is 5.32 Å². The molecule has 0 fully saturated rings. The van der Waals surface area contributed by atoms with Crippen LogP contribution in [0.1, 0.15) is 43.5 Å². The Bertz CT molecular complexity index is 596. The number of nitrogens with one attached hydrogen (secondary N) is 1. The van der Waals surface area contributed by atoms with Crippen molar-refractivity contribution in [3.05, 3.63) is 34.9 Å². The third kappa shape index (κ3) is 4.03. The van der Waals surface area contributed by atoms with Gasteiger partial charge in [-0.1, -0.05) is 32.0 Å². The van der Waals surface area contributed by atoms with E-state index in [1.807, 2.05) is 13.8 Å². The zero-order chi connectivity index (χ0) is 17.0. The number of benzene rings is 1. The number of hydrogen-bond acceptors (Lipinski definition) is 4. The Hall–Kier alpha value is -2.04. The zero-order valence-corrected chi connectivity index (χ0v) is 14.7. The number of carbonyl (C=O) groups excluding carboxylic acids is 1. The van der Waals surface area contributed by atoms with Gasteiger partial charge in [-0.05, 0) is 43.4 Å². The van der Waals surface area contributed by atoms with Gasteiger partial charge in [-0.2, -0.15) is 0 Å². The van der Waals surface area contributed by atoms with Crippen LogP contribution in [0.3, 0.4) is 0 Å². The third-order valence-corrected chi connectivity index (χ3v) is 4.17. The van der Waals surface area contributed by atoms with E-state index in [1.165, 1.54) is 16.7 Å². The van der Waals surface area contributed by atoms with Gasteiger partial charge in [-0.25, -0.2) is 4.79 Å². The SMILES string of the molecule is CCN1C(NC(=O)OCC(C)C)=NCC1c1cccc(C)c1C. The first-order chi connectivity index (χ1) is 10.9. The molecule has 1 aromatic carbocycles. The number of amides is 1. The molecule has 2 rings (SSSR count). The first-order valence-corrected chi connectivity index (χ1v) is 8.25. The topological polar surface area (TPSA) is 53.9 Å². The molecular formula is C18H27N3O2. The van der Waals surface area contributed by atoms with Crippen LogP contribution in [0.15, 0.2) is 23.2 Å². The van der Waals surface area contributed by atoms with E-state index in [-0.39, 0.29) is 6.04 Å². The molecule has 1 heterocycles. The summed E-state index contributed by atoms with van der Waals surface area (Å²) in [6, 6.07) is 6.51. The number of guanidine groups is 1. The summed E-state index contributed by atoms with van der Waals surface area (Å²) < 4.78 is 5.18. The molecule has 5 heteroatoms. The second kappa shape index (κ2) is 7.49. The average Bonchev–Trinajstić information content (AvgIpc) is 2.90. The molecule has 0 aliphatic carbocycles. The van der Waals surface area contributed by atoms with Crippen LogP contribution >= 0.6 is 0 Å². The number of aliphatic imine (C=N–C) groups is 1. The predicted octanol–water partition coefficient (Wildman–Crippen LogP) is 3.42. The lowest BCUT2D eigenvalue weighted by molar-refractivity contribution is 0.137. The van der Waals surface area contributed by atoms with Crippen molar-refractivity contribution in [1.82, 2.24) is 10.2 Å². The van der Waals surface area contributed by atoms with Crippen molar-refractivity contribution >= 4 is 12.1 Å². The normalized spacial score (nSPS) is 17.4. The first-order valence-electron chi connectivity index (χ1n) is 8.25. The number of hydrogen-bond donors (Lipinski definition) is 1. The van der Waals surface area contributed by atoms with E-state index in [4.69, 9.17) is 4.74 Å². The summed E-state index contributed by atoms with van der Waals surface area (Å²) >= 11 is 0. The standard InChI is InChI=1S/C18H27N3O2/c1-6-21-16(15-9-7-8-13(4)14(15)5)10-19-17(21)20-18(22)23-11-12(2)3/h7-9,12,16H,6,10-11H2,1-5H3,(H,19,20,22). The summed E-state index contributed by atoms with van der Waals surface area (Å²) in [7, 11) is 0. The summed E-state index contributed by atoms with van der Waals surface area (Å²) in [6.07, 6.45) is -0.433. The molecule has 1 aliphatic heterocycles. The molecule has 126 valence electrons. The minimum atomic E-state index is -0.433. The number of rotatable bonds is 4. The van der Waals surface area contributed by atoms with Crippen LogP contribution in [0.25, 0.3) is 0 Å². The van der Waals surface area contributed by atoms with Gasteiger partial charge in [0.2, 0.25) is 5.96 Å². The van der Waals surface area contributed by atoms with Gasteiger partial charge in [0.15, 0.2) is 0 Å². The minimum Gasteiger partial charge on any atom is -0.449 e. The fourth-order valence-electron chi connectivity index (χ4n) is 2.76. The van der Waals surface area contributed by atoms with E-state index in [9.17, 15) is 4.79 Å². The van der Waals surface area contributed by atoms with Crippen molar-refractivity contribution in [1.29, 1.82) is 0 Å². The Morgan fingerprint density at radius 2 is 2.17 bits per heavy atom. The highest BCUT2D eigenvalue weighted by Crippen LogP contribution is 2.29. The van der Waals surface area contributed by atoms with Gasteiger partial charge in [-0.3, -0.25) is 10.3 Å². The highest BCUT2D eigenvalue weighted by atomic mass is 16.5. The molecule has 1 amide bonds. The number of likely N-dealkylation sites (N-methyl/N-ethyl adjacent to an activating group) is 1. The van der Waals surface area contributed by atoms with Crippen molar-refractivity contribution in [3.8, 4) is 0 Å². The molecule has 0 saturated heterocycles. The quantitative estimate of drug-likeness (QED) is 0.926. The maximum atomic E-state index is 11.9. The van der Waals surface area contributed by atoms with Crippen molar-refractivity contribution in [2.45, 2.75) is 40.7 Å². The molecule has 1 aromatic rings. The summed E-state index contributed by atoms with van der Waals surface area (Å²) in [5.41, 5.74) is 3.83. The number of alkyl carbamates (subject to hydrolysis) is 1. The van der Waals surface area contributed by atoms with E-state index in [0.717, 1.165) is 6.54 Å². The van der Waals surface area contributed by atoms with E-state index in [1.54, 1.807) is 0 Å². The van der Waals surface area contributed by atoms with Gasteiger partial charge in [0.05, 0.1) is 19.2 Å². The number of ether oxygens (including phenoxy) is 1. The fourth-order valence-corrected chi connectivity index (χ4v) is 2.76. The number of carbonyl (C=O) groups is 1. The van der Waals surface area contributed by atoms with Crippen molar-refractivity contribution in [2.24, 2.45) is 10.9 Å². The Morgan fingerprint density at radius 1 is 1.43 bits per heavy atom. The van der Waals surface area contributed by atoms with Gasteiger partial charge in [0.1, 0.15) is 0 Å². The molecular weight excluding hydrogens is 290 g/mol. The summed E-state index contributed by atoms with van der Waals surface area (Å²) in [6.45, 7) is 12.2. The maximum absolute atomic E-state index is 11.9. The van der Waals surface area contributed by atoms with Gasteiger partial charge in [0, 0.05) is 6.54 Å². The molecule has 1 unspecified atom stereocenters. The van der Waals surface area contributed by atoms with Gasteiger partial charge in [0.25, 0.3) is 0 Å². The lowest BCUT2D eigenvalue weighted by atomic mass is 9.97. The Kier molecular flexibility index (Phi) is 5.64. The Morgan fingerprint density at radius 3 is 2.83 bits per heavy atom. The van der Waals surface area contributed by atoms with Gasteiger partial charge in [-0.15, -0.1) is 0 Å². The van der Waals surface area contributed by atoms with E-state index < -0.39 is 6.09 Å². The average molecular weight is 317 g/mol. The number of nitrogens with zero attached hydrogens (tertiary/aromatic N) is 2. The molecule has 0 aromatic heterocycles. The second-order valence-corrected chi connectivity index (χ2v) is 6.37. The summed E-state index contributed by atoms with van der Waals surface area (Å²) in [5.74, 6) is 0.920. The number of aryl methyl sites for hydroxylation is 1. The highest BCUT2D eigenvalue weighted by Gasteiger charge is 2.30. The molecule has 0 bridgehead atoms. The molecule has 0 spiro atoms. The first kappa shape index (κ1) is 17.3. The predicted molar refractivity (Wildman–Crippen MR) is 92.7 cm³/mol. The van der Waals surface area contributed by atoms with Crippen LogP contribution in [0, 0.1) is 19.8 Å². The van der Waals surface area contributed by atoms with Crippen LogP contribution in [-0.2, 0) is 4.74 Å². The van der Waals surface area contributed by atoms with Crippen LogP contribution in [-0.4, -0.2) is 36.6 Å². The van der Waals surface area contributed by atoms with E-state index in [2.05, 4.69) is 54.2 Å². The highest BCUT2D eigenvalue weighted by molar-refractivity contribution is 5.95. The largest absolute Gasteiger partial charge is 0.449 e. The third-order valence-electron chi connectivity index (χ3n) is 4.17. The molecule has 0 saturated carbocycles. The molecule has 1 N–H and O–H groups in total. The van der Waals surface area contributed by atoms with Gasteiger partial charge < -0.3 is 9.64 Å². The van der Waals surface area contributed by atoms with E-state index >= 15 is 0 Å². The van der Waals surface area contributed by atoms with Crippen molar-refractivity contribution in [2.75, 3.05) is 19.7 Å². The van der Waals surface area contributed by atoms with Crippen LogP contribution in [0.5, 0.6) is 0 Å². The molecule has 5 nitrogen and oxygen atoms in total. The minimum absolute atomic E-state index is 0.167. The van der Waals surface area contributed by atoms with Crippen molar-refractivity contribution in [3.63, 3.8) is 0 Å². The molecule has 0 radical (unpaired) electrons. The summed E-state index contributed by atoms with van der Waals surface area (Å²) in [5, 5.41) is 2.78. The van der Waals surface area contributed by atoms with Gasteiger partial charge >= 0.3 is 6.09 Å². The summed E-state index contributed by atoms with van der Waals surface area (Å²) in [4.78, 5) is 18.5. The van der Waals surface area contributed by atoms with Crippen molar-refractivity contribution < 1.29 is 9.53 Å². The molecule has 1 aliphatic rings. The lowest BCUT2D eigenvalue weighted by Crippen LogP contribution is -2.43. The second-order valence-electron chi connectivity index (χ2n) is 6.37. The van der Waals surface area contributed by atoms with Crippen LogP contribution in [0.2, 0.25) is 0 Å². The molecule has 23 heavy (non-hydrogen) atoms.